The van der Waals surface area contributed by atoms with Crippen molar-refractivity contribution in [3.8, 4) is 0 Å². The molecule has 1 aliphatic rings. The van der Waals surface area contributed by atoms with E-state index in [0.717, 1.165) is 37.6 Å². The first-order valence-electron chi connectivity index (χ1n) is 8.74. The first kappa shape index (κ1) is 17.9. The molecule has 1 atom stereocenters. The van der Waals surface area contributed by atoms with Crippen molar-refractivity contribution in [2.75, 3.05) is 36.4 Å². The van der Waals surface area contributed by atoms with Crippen LogP contribution in [0.2, 0.25) is 0 Å². The van der Waals surface area contributed by atoms with E-state index >= 15 is 0 Å². The lowest BCUT2D eigenvalue weighted by Gasteiger charge is -2.36. The molecule has 2 N–H and O–H groups in total. The molecule has 1 fully saturated rings. The number of piperazine rings is 1. The van der Waals surface area contributed by atoms with Crippen molar-refractivity contribution >= 4 is 23.0 Å². The number of anilines is 2. The maximum absolute atomic E-state index is 12.5. The van der Waals surface area contributed by atoms with Crippen LogP contribution in [0, 0.1) is 10.1 Å². The number of non-ortho nitro benzene ring substituents is 1. The van der Waals surface area contributed by atoms with E-state index in [1.54, 1.807) is 12.1 Å². The van der Waals surface area contributed by atoms with Crippen molar-refractivity contribution in [3.05, 3.63) is 64.7 Å². The van der Waals surface area contributed by atoms with Crippen LogP contribution in [0.4, 0.5) is 17.1 Å². The number of benzene rings is 2. The van der Waals surface area contributed by atoms with Gasteiger partial charge in [-0.3, -0.25) is 14.9 Å². The summed E-state index contributed by atoms with van der Waals surface area (Å²) in [5.41, 5.74) is 1.90. The minimum Gasteiger partial charge on any atom is -0.360 e. The zero-order valence-electron chi connectivity index (χ0n) is 14.7. The third kappa shape index (κ3) is 4.18. The number of hydrogen-bond donors (Lipinski definition) is 2. The lowest BCUT2D eigenvalue weighted by Crippen LogP contribution is -3.19. The van der Waals surface area contributed by atoms with Crippen LogP contribution in [0.5, 0.6) is 0 Å². The van der Waals surface area contributed by atoms with E-state index in [2.05, 4.69) is 10.2 Å². The summed E-state index contributed by atoms with van der Waals surface area (Å²) in [6.07, 6.45) is 0. The molecule has 7 nitrogen and oxygen atoms in total. The molecule has 3 rings (SSSR count). The number of amides is 1. The van der Waals surface area contributed by atoms with Crippen molar-refractivity contribution in [2.24, 2.45) is 0 Å². The fourth-order valence-electron chi connectivity index (χ4n) is 3.23. The molecule has 0 aliphatic carbocycles. The Bertz CT molecular complexity index is 756. The van der Waals surface area contributed by atoms with Gasteiger partial charge in [0.05, 0.1) is 31.1 Å². The number of quaternary nitrogens is 1. The van der Waals surface area contributed by atoms with Crippen LogP contribution in [0.15, 0.2) is 54.6 Å². The largest absolute Gasteiger partial charge is 0.360 e. The Kier molecular flexibility index (Phi) is 5.48. The van der Waals surface area contributed by atoms with E-state index in [-0.39, 0.29) is 22.6 Å². The second-order valence-corrected chi connectivity index (χ2v) is 6.50. The van der Waals surface area contributed by atoms with Crippen molar-refractivity contribution < 1.29 is 14.6 Å². The number of para-hydroxylation sites is 1. The maximum atomic E-state index is 12.5. The number of nitro benzene ring substituents is 1. The van der Waals surface area contributed by atoms with Crippen molar-refractivity contribution in [1.29, 1.82) is 0 Å². The Morgan fingerprint density at radius 1 is 1.12 bits per heavy atom. The summed E-state index contributed by atoms with van der Waals surface area (Å²) >= 11 is 0. The van der Waals surface area contributed by atoms with Crippen molar-refractivity contribution in [1.82, 2.24) is 0 Å². The summed E-state index contributed by atoms with van der Waals surface area (Å²) in [5.74, 6) is 0.0231. The number of nitrogens with zero attached hydrogens (tertiary/aromatic N) is 2. The number of nitrogens with one attached hydrogen (secondary N) is 2. The van der Waals surface area contributed by atoms with Crippen LogP contribution in [-0.2, 0) is 4.79 Å². The molecule has 2 aromatic rings. The summed E-state index contributed by atoms with van der Waals surface area (Å²) in [4.78, 5) is 26.3. The number of hydrogen-bond acceptors (Lipinski definition) is 4. The topological polar surface area (TPSA) is 79.9 Å². The second-order valence-electron chi connectivity index (χ2n) is 6.50. The lowest BCUT2D eigenvalue weighted by atomic mass is 10.2. The molecule has 1 saturated heterocycles. The standard InChI is InChI=1S/C19H22N4O3/c1-15(19(24)20-16-5-3-2-4-6-16)21-11-13-22(14-12-21)17-7-9-18(10-8-17)23(25)26/h2-10,15H,11-14H2,1H3,(H,20,24)/p+1/t15-/m1/s1. The van der Waals surface area contributed by atoms with Gasteiger partial charge in [0.15, 0.2) is 6.04 Å². The molecule has 26 heavy (non-hydrogen) atoms. The average Bonchev–Trinajstić information content (AvgIpc) is 2.68. The molecule has 0 saturated carbocycles. The quantitative estimate of drug-likeness (QED) is 0.626. The fourth-order valence-corrected chi connectivity index (χ4v) is 3.23. The normalized spacial score (nSPS) is 16.1. The van der Waals surface area contributed by atoms with E-state index in [1.807, 2.05) is 37.3 Å². The van der Waals surface area contributed by atoms with Gasteiger partial charge in [-0.1, -0.05) is 18.2 Å². The molecular formula is C19H23N4O3+. The number of carbonyl (C=O) groups excluding carboxylic acids is 1. The molecule has 0 spiro atoms. The highest BCUT2D eigenvalue weighted by atomic mass is 16.6. The van der Waals surface area contributed by atoms with E-state index in [4.69, 9.17) is 0 Å². The predicted octanol–water partition coefficient (Wildman–Crippen LogP) is 1.33. The molecule has 0 radical (unpaired) electrons. The average molecular weight is 355 g/mol. The minimum atomic E-state index is -0.390. The smallest absolute Gasteiger partial charge is 0.282 e. The Morgan fingerprint density at radius 3 is 2.31 bits per heavy atom. The molecule has 0 unspecified atom stereocenters. The van der Waals surface area contributed by atoms with Gasteiger partial charge >= 0.3 is 0 Å². The highest BCUT2D eigenvalue weighted by Crippen LogP contribution is 2.19. The van der Waals surface area contributed by atoms with Gasteiger partial charge in [0.1, 0.15) is 0 Å². The van der Waals surface area contributed by atoms with Crippen LogP contribution < -0.4 is 15.1 Å². The van der Waals surface area contributed by atoms with Crippen molar-refractivity contribution in [2.45, 2.75) is 13.0 Å². The first-order valence-corrected chi connectivity index (χ1v) is 8.74. The molecule has 136 valence electrons. The number of carbonyl (C=O) groups is 1. The van der Waals surface area contributed by atoms with E-state index in [0.29, 0.717) is 0 Å². The van der Waals surface area contributed by atoms with E-state index in [9.17, 15) is 14.9 Å². The fraction of sp³-hybridized carbons (Fsp3) is 0.316. The molecule has 1 heterocycles. The molecule has 7 heteroatoms. The third-order valence-corrected chi connectivity index (χ3v) is 4.88. The molecule has 0 bridgehead atoms. The summed E-state index contributed by atoms with van der Waals surface area (Å²) in [7, 11) is 0. The summed E-state index contributed by atoms with van der Waals surface area (Å²) in [6, 6.07) is 16.0. The van der Waals surface area contributed by atoms with Crippen molar-refractivity contribution in [3.63, 3.8) is 0 Å². The van der Waals surface area contributed by atoms with E-state index in [1.165, 1.54) is 17.0 Å². The molecular weight excluding hydrogens is 332 g/mol. The number of rotatable bonds is 5. The first-order chi connectivity index (χ1) is 12.5. The summed E-state index contributed by atoms with van der Waals surface area (Å²) in [6.45, 7) is 5.28. The molecule has 0 aromatic heterocycles. The SMILES string of the molecule is C[C@H](C(=O)Nc1ccccc1)[NH+]1CCN(c2ccc([N+](=O)[O-])cc2)CC1. The molecule has 1 amide bonds. The number of nitro groups is 1. The van der Waals surface area contributed by atoms with Crippen LogP contribution in [0.25, 0.3) is 0 Å². The van der Waals surface area contributed by atoms with Crippen LogP contribution >= 0.6 is 0 Å². The Hall–Kier alpha value is -2.93. The summed E-state index contributed by atoms with van der Waals surface area (Å²) < 4.78 is 0. The maximum Gasteiger partial charge on any atom is 0.282 e. The molecule has 1 aliphatic heterocycles. The van der Waals surface area contributed by atoms with Gasteiger partial charge in [-0.25, -0.2) is 0 Å². The van der Waals surface area contributed by atoms with Gasteiger partial charge in [-0.2, -0.15) is 0 Å². The van der Waals surface area contributed by atoms with Gasteiger partial charge in [-0.05, 0) is 31.2 Å². The van der Waals surface area contributed by atoms with Gasteiger partial charge in [0.2, 0.25) is 0 Å². The Balaban J connectivity index is 1.54. The zero-order valence-corrected chi connectivity index (χ0v) is 14.7. The summed E-state index contributed by atoms with van der Waals surface area (Å²) in [5, 5.41) is 13.7. The van der Waals surface area contributed by atoms with Crippen LogP contribution in [-0.4, -0.2) is 43.1 Å². The van der Waals surface area contributed by atoms with E-state index < -0.39 is 0 Å². The monoisotopic (exact) mass is 355 g/mol. The van der Waals surface area contributed by atoms with Gasteiger partial charge in [0, 0.05) is 23.5 Å². The Labute approximate surface area is 152 Å². The molecule has 2 aromatic carbocycles. The third-order valence-electron chi connectivity index (χ3n) is 4.88. The van der Waals surface area contributed by atoms with Gasteiger partial charge in [-0.15, -0.1) is 0 Å². The Morgan fingerprint density at radius 2 is 1.73 bits per heavy atom. The second kappa shape index (κ2) is 7.97. The highest BCUT2D eigenvalue weighted by molar-refractivity contribution is 5.93. The zero-order chi connectivity index (χ0) is 18.5. The lowest BCUT2D eigenvalue weighted by molar-refractivity contribution is -0.914. The van der Waals surface area contributed by atoms with Gasteiger partial charge in [0.25, 0.3) is 11.6 Å². The van der Waals surface area contributed by atoms with Crippen LogP contribution in [0.1, 0.15) is 6.92 Å². The minimum absolute atomic E-state index is 0.0231. The highest BCUT2D eigenvalue weighted by Gasteiger charge is 2.29. The van der Waals surface area contributed by atoms with Gasteiger partial charge < -0.3 is 15.1 Å². The predicted molar refractivity (Wildman–Crippen MR) is 101 cm³/mol. The van der Waals surface area contributed by atoms with Crippen LogP contribution in [0.3, 0.4) is 0 Å².